The molecule has 3 aromatic rings. The van der Waals surface area contributed by atoms with E-state index in [1.807, 2.05) is 13.8 Å². The van der Waals surface area contributed by atoms with E-state index in [1.165, 1.54) is 18.1 Å². The molecule has 1 aromatic carbocycles. The zero-order valence-corrected chi connectivity index (χ0v) is 14.8. The average molecular weight is 383 g/mol. The van der Waals surface area contributed by atoms with Crippen molar-refractivity contribution >= 4 is 44.9 Å². The molecule has 0 radical (unpaired) electrons. The maximum absolute atomic E-state index is 13.6. The molecule has 25 heavy (non-hydrogen) atoms. The second-order valence-corrected chi connectivity index (χ2v) is 7.37. The van der Waals surface area contributed by atoms with Gasteiger partial charge in [0.25, 0.3) is 0 Å². The Labute approximate surface area is 149 Å². The largest absolute Gasteiger partial charge is 0.323 e. The Morgan fingerprint density at radius 1 is 1.20 bits per heavy atom. The Kier molecular flexibility index (Phi) is 4.96. The third-order valence-electron chi connectivity index (χ3n) is 3.58. The topological polar surface area (TPSA) is 54.9 Å². The zero-order chi connectivity index (χ0) is 18.1. The SMILES string of the molecule is Cc1sc2ncnc(SCC(=O)Nc3ccc(F)c(F)c3F)c2c1C. The molecule has 2 heterocycles. The van der Waals surface area contributed by atoms with Crippen molar-refractivity contribution in [2.75, 3.05) is 11.1 Å². The highest BCUT2D eigenvalue weighted by molar-refractivity contribution is 8.00. The van der Waals surface area contributed by atoms with Crippen molar-refractivity contribution in [3.8, 4) is 0 Å². The number of nitrogens with zero attached hydrogens (tertiary/aromatic N) is 2. The van der Waals surface area contributed by atoms with Gasteiger partial charge in [-0.05, 0) is 31.5 Å². The van der Waals surface area contributed by atoms with Crippen LogP contribution in [0.3, 0.4) is 0 Å². The van der Waals surface area contributed by atoms with Crippen LogP contribution in [0.25, 0.3) is 10.2 Å². The van der Waals surface area contributed by atoms with Crippen molar-refractivity contribution in [3.63, 3.8) is 0 Å². The number of hydrogen-bond donors (Lipinski definition) is 1. The fourth-order valence-corrected chi connectivity index (χ4v) is 4.12. The number of amides is 1. The summed E-state index contributed by atoms with van der Waals surface area (Å²) in [6.07, 6.45) is 1.42. The van der Waals surface area contributed by atoms with Gasteiger partial charge in [0.1, 0.15) is 16.2 Å². The zero-order valence-electron chi connectivity index (χ0n) is 13.2. The normalized spacial score (nSPS) is 11.1. The van der Waals surface area contributed by atoms with Crippen molar-refractivity contribution in [3.05, 3.63) is 46.4 Å². The second kappa shape index (κ2) is 7.01. The molecule has 0 saturated carbocycles. The van der Waals surface area contributed by atoms with Crippen LogP contribution >= 0.6 is 23.1 Å². The number of aromatic nitrogens is 2. The van der Waals surface area contributed by atoms with E-state index in [1.54, 1.807) is 11.3 Å². The fourth-order valence-electron chi connectivity index (χ4n) is 2.20. The van der Waals surface area contributed by atoms with Crippen LogP contribution in [0.4, 0.5) is 18.9 Å². The van der Waals surface area contributed by atoms with Crippen molar-refractivity contribution in [2.45, 2.75) is 18.9 Å². The maximum Gasteiger partial charge on any atom is 0.234 e. The summed E-state index contributed by atoms with van der Waals surface area (Å²) in [5.74, 6) is -4.96. The summed E-state index contributed by atoms with van der Waals surface area (Å²) >= 11 is 2.71. The minimum Gasteiger partial charge on any atom is -0.323 e. The highest BCUT2D eigenvalue weighted by Crippen LogP contribution is 2.34. The van der Waals surface area contributed by atoms with E-state index in [2.05, 4.69) is 15.3 Å². The van der Waals surface area contributed by atoms with Gasteiger partial charge in [0.2, 0.25) is 5.91 Å². The quantitative estimate of drug-likeness (QED) is 0.411. The summed E-state index contributed by atoms with van der Waals surface area (Å²) in [4.78, 5) is 22.4. The number of carbonyl (C=O) groups excluding carboxylic acids is 1. The number of thiophene rings is 1. The fraction of sp³-hybridized carbons (Fsp3) is 0.188. The number of hydrogen-bond acceptors (Lipinski definition) is 5. The maximum atomic E-state index is 13.6. The predicted molar refractivity (Wildman–Crippen MR) is 92.6 cm³/mol. The number of benzene rings is 1. The third kappa shape index (κ3) is 3.47. The van der Waals surface area contributed by atoms with Gasteiger partial charge in [0.05, 0.1) is 11.4 Å². The number of halogens is 3. The molecule has 9 heteroatoms. The van der Waals surface area contributed by atoms with Crippen molar-refractivity contribution < 1.29 is 18.0 Å². The number of thioether (sulfide) groups is 1. The number of nitrogens with one attached hydrogen (secondary N) is 1. The van der Waals surface area contributed by atoms with Gasteiger partial charge in [-0.3, -0.25) is 4.79 Å². The van der Waals surface area contributed by atoms with Crippen LogP contribution in [-0.4, -0.2) is 21.6 Å². The molecule has 3 rings (SSSR count). The van der Waals surface area contributed by atoms with Crippen LogP contribution in [-0.2, 0) is 4.79 Å². The average Bonchev–Trinajstić information content (AvgIpc) is 2.88. The number of rotatable bonds is 4. The Balaban J connectivity index is 1.74. The lowest BCUT2D eigenvalue weighted by atomic mass is 10.2. The molecule has 0 atom stereocenters. The number of aryl methyl sites for hydroxylation is 2. The summed E-state index contributed by atoms with van der Waals surface area (Å²) in [7, 11) is 0. The first-order valence-corrected chi connectivity index (χ1v) is 8.95. The molecule has 0 unspecified atom stereocenters. The molecule has 0 spiro atoms. The molecule has 1 amide bonds. The first-order chi connectivity index (χ1) is 11.9. The molecule has 0 aliphatic rings. The van der Waals surface area contributed by atoms with Crippen molar-refractivity contribution in [2.24, 2.45) is 0 Å². The Bertz CT molecular complexity index is 975. The van der Waals surface area contributed by atoms with Gasteiger partial charge in [0, 0.05) is 10.3 Å². The van der Waals surface area contributed by atoms with E-state index in [0.717, 1.165) is 32.8 Å². The van der Waals surface area contributed by atoms with Crippen LogP contribution in [0.15, 0.2) is 23.5 Å². The number of anilines is 1. The standard InChI is InChI=1S/C16H12F3N3OS2/c1-7-8(2)25-16-12(7)15(20-6-21-16)24-5-11(23)22-10-4-3-9(17)13(18)14(10)19/h3-4,6H,5H2,1-2H3,(H,22,23). The Hall–Kier alpha value is -2.13. The lowest BCUT2D eigenvalue weighted by Gasteiger charge is -2.07. The van der Waals surface area contributed by atoms with Gasteiger partial charge in [-0.25, -0.2) is 23.1 Å². The minimum absolute atomic E-state index is 0.0567. The van der Waals surface area contributed by atoms with Gasteiger partial charge < -0.3 is 5.32 Å². The van der Waals surface area contributed by atoms with Crippen LogP contribution < -0.4 is 5.32 Å². The summed E-state index contributed by atoms with van der Waals surface area (Å²) in [5.41, 5.74) is 0.648. The van der Waals surface area contributed by atoms with E-state index in [-0.39, 0.29) is 5.75 Å². The first kappa shape index (κ1) is 17.7. The van der Waals surface area contributed by atoms with E-state index in [9.17, 15) is 18.0 Å². The third-order valence-corrected chi connectivity index (χ3v) is 5.68. The molecular weight excluding hydrogens is 371 g/mol. The van der Waals surface area contributed by atoms with Gasteiger partial charge >= 0.3 is 0 Å². The minimum atomic E-state index is -1.62. The molecule has 0 saturated heterocycles. The monoisotopic (exact) mass is 383 g/mol. The van der Waals surface area contributed by atoms with E-state index >= 15 is 0 Å². The highest BCUT2D eigenvalue weighted by Gasteiger charge is 2.17. The highest BCUT2D eigenvalue weighted by atomic mass is 32.2. The summed E-state index contributed by atoms with van der Waals surface area (Å²) < 4.78 is 39.7. The number of fused-ring (bicyclic) bond motifs is 1. The Morgan fingerprint density at radius 2 is 1.96 bits per heavy atom. The van der Waals surface area contributed by atoms with E-state index in [0.29, 0.717) is 5.03 Å². The van der Waals surface area contributed by atoms with E-state index < -0.39 is 29.0 Å². The van der Waals surface area contributed by atoms with Gasteiger partial charge in [-0.15, -0.1) is 11.3 Å². The van der Waals surface area contributed by atoms with Crippen LogP contribution in [0.2, 0.25) is 0 Å². The van der Waals surface area contributed by atoms with Gasteiger partial charge in [-0.2, -0.15) is 0 Å². The molecule has 1 N–H and O–H groups in total. The molecule has 0 aliphatic carbocycles. The summed E-state index contributed by atoms with van der Waals surface area (Å²) in [6, 6.07) is 1.73. The smallest absolute Gasteiger partial charge is 0.234 e. The first-order valence-electron chi connectivity index (χ1n) is 7.15. The van der Waals surface area contributed by atoms with Crippen LogP contribution in [0, 0.1) is 31.3 Å². The summed E-state index contributed by atoms with van der Waals surface area (Å²) in [6.45, 7) is 3.94. The Morgan fingerprint density at radius 3 is 2.72 bits per heavy atom. The van der Waals surface area contributed by atoms with Crippen molar-refractivity contribution in [1.82, 2.24) is 9.97 Å². The van der Waals surface area contributed by atoms with Crippen LogP contribution in [0.1, 0.15) is 10.4 Å². The summed E-state index contributed by atoms with van der Waals surface area (Å²) in [5, 5.41) is 3.77. The molecule has 0 fully saturated rings. The van der Waals surface area contributed by atoms with Crippen molar-refractivity contribution in [1.29, 1.82) is 0 Å². The van der Waals surface area contributed by atoms with Crippen LogP contribution in [0.5, 0.6) is 0 Å². The molecular formula is C16H12F3N3OS2. The predicted octanol–water partition coefficient (Wildman–Crippen LogP) is 4.46. The molecule has 0 bridgehead atoms. The second-order valence-electron chi connectivity index (χ2n) is 5.20. The molecule has 2 aromatic heterocycles. The van der Waals surface area contributed by atoms with E-state index in [4.69, 9.17) is 0 Å². The molecule has 130 valence electrons. The lowest BCUT2D eigenvalue weighted by molar-refractivity contribution is -0.113. The molecule has 0 aliphatic heterocycles. The molecule has 4 nitrogen and oxygen atoms in total. The van der Waals surface area contributed by atoms with Gasteiger partial charge in [0.15, 0.2) is 17.5 Å². The lowest BCUT2D eigenvalue weighted by Crippen LogP contribution is -2.16. The van der Waals surface area contributed by atoms with Gasteiger partial charge in [-0.1, -0.05) is 11.8 Å². The number of carbonyl (C=O) groups is 1.